The third-order valence-electron chi connectivity index (χ3n) is 4.25. The molecular weight excluding hydrogens is 364 g/mol. The number of benzene rings is 2. The molecule has 0 aliphatic rings. The fourth-order valence-electron chi connectivity index (χ4n) is 3.15. The number of hydrogen-bond donors (Lipinski definition) is 1. The summed E-state index contributed by atoms with van der Waals surface area (Å²) in [5.41, 5.74) is 3.80. The average Bonchev–Trinajstić information content (AvgIpc) is 2.94. The van der Waals surface area contributed by atoms with Gasteiger partial charge in [-0.2, -0.15) is 0 Å². The number of aromatic nitrogens is 3. The van der Waals surface area contributed by atoms with E-state index in [1.807, 2.05) is 0 Å². The summed E-state index contributed by atoms with van der Waals surface area (Å²) in [4.78, 5) is 8.48. The van der Waals surface area contributed by atoms with Crippen molar-refractivity contribution in [2.75, 3.05) is 5.32 Å². The van der Waals surface area contributed by atoms with Gasteiger partial charge in [0.15, 0.2) is 0 Å². The molecule has 0 aliphatic heterocycles. The van der Waals surface area contributed by atoms with Gasteiger partial charge in [0.25, 0.3) is 0 Å². The highest BCUT2D eigenvalue weighted by Crippen LogP contribution is 2.29. The van der Waals surface area contributed by atoms with Crippen molar-refractivity contribution < 1.29 is 0 Å². The van der Waals surface area contributed by atoms with E-state index in [0.717, 1.165) is 23.5 Å². The van der Waals surface area contributed by atoms with E-state index in [1.54, 1.807) is 12.4 Å². The Bertz CT molecular complexity index is 1010. The van der Waals surface area contributed by atoms with Crippen LogP contribution in [0.25, 0.3) is 21.8 Å². The van der Waals surface area contributed by atoms with Crippen molar-refractivity contribution in [1.29, 1.82) is 0 Å². The molecule has 0 bridgehead atoms. The number of anilines is 1. The fourth-order valence-corrected chi connectivity index (χ4v) is 3.35. The van der Waals surface area contributed by atoms with Crippen LogP contribution in [0.5, 0.6) is 0 Å². The molecule has 24 heavy (non-hydrogen) atoms. The van der Waals surface area contributed by atoms with Crippen LogP contribution in [0.2, 0.25) is 0 Å². The molecule has 2 heterocycles. The average molecular weight is 381 g/mol. The van der Waals surface area contributed by atoms with Crippen LogP contribution >= 0.6 is 15.9 Å². The van der Waals surface area contributed by atoms with Crippen LogP contribution in [0.3, 0.4) is 0 Å². The molecule has 0 saturated heterocycles. The van der Waals surface area contributed by atoms with Gasteiger partial charge in [0, 0.05) is 34.9 Å². The first-order chi connectivity index (χ1) is 11.8. The first kappa shape index (κ1) is 15.1. The number of nitrogens with zero attached hydrogens (tertiary/aromatic N) is 3. The number of nitrogens with one attached hydrogen (secondary N) is 1. The highest BCUT2D eigenvalue weighted by molar-refractivity contribution is 9.10. The molecule has 0 unspecified atom stereocenters. The summed E-state index contributed by atoms with van der Waals surface area (Å²) < 4.78 is 3.10. The maximum Gasteiger partial charge on any atom is 0.144 e. The van der Waals surface area contributed by atoms with Crippen LogP contribution in [0.1, 0.15) is 12.5 Å². The van der Waals surface area contributed by atoms with Gasteiger partial charge in [0.1, 0.15) is 10.4 Å². The molecule has 120 valence electrons. The van der Waals surface area contributed by atoms with Crippen molar-refractivity contribution in [2.24, 2.45) is 0 Å². The van der Waals surface area contributed by atoms with E-state index in [0.29, 0.717) is 0 Å². The molecule has 4 rings (SSSR count). The minimum atomic E-state index is 0.720. The number of halogens is 1. The minimum Gasteiger partial charge on any atom is -0.365 e. The molecule has 0 radical (unpaired) electrons. The van der Waals surface area contributed by atoms with Crippen LogP contribution < -0.4 is 5.32 Å². The van der Waals surface area contributed by atoms with Crippen molar-refractivity contribution in [2.45, 2.75) is 20.0 Å². The number of fused-ring (bicyclic) bond motifs is 3. The quantitative estimate of drug-likeness (QED) is 0.542. The molecule has 1 N–H and O–H groups in total. The third-order valence-corrected chi connectivity index (χ3v) is 4.66. The lowest BCUT2D eigenvalue weighted by molar-refractivity contribution is 0.827. The topological polar surface area (TPSA) is 42.7 Å². The highest BCUT2D eigenvalue weighted by Gasteiger charge is 2.09. The van der Waals surface area contributed by atoms with Gasteiger partial charge >= 0.3 is 0 Å². The molecule has 4 nitrogen and oxygen atoms in total. The first-order valence-corrected chi connectivity index (χ1v) is 8.77. The van der Waals surface area contributed by atoms with E-state index in [-0.39, 0.29) is 0 Å². The van der Waals surface area contributed by atoms with Crippen molar-refractivity contribution in [3.8, 4) is 0 Å². The Kier molecular flexibility index (Phi) is 3.94. The van der Waals surface area contributed by atoms with Crippen LogP contribution in [0.4, 0.5) is 5.82 Å². The van der Waals surface area contributed by atoms with Crippen LogP contribution in [0.15, 0.2) is 59.5 Å². The van der Waals surface area contributed by atoms with Gasteiger partial charge in [-0.15, -0.1) is 0 Å². The largest absolute Gasteiger partial charge is 0.365 e. The zero-order valence-electron chi connectivity index (χ0n) is 13.3. The zero-order chi connectivity index (χ0) is 16.5. The Balaban J connectivity index is 1.70. The molecule has 0 saturated carbocycles. The molecule has 0 aliphatic carbocycles. The van der Waals surface area contributed by atoms with Gasteiger partial charge in [0.05, 0.1) is 12.4 Å². The van der Waals surface area contributed by atoms with Crippen molar-refractivity contribution >= 4 is 43.6 Å². The predicted molar refractivity (Wildman–Crippen MR) is 102 cm³/mol. The minimum absolute atomic E-state index is 0.720. The monoisotopic (exact) mass is 380 g/mol. The standard InChI is InChI=1S/C19H17BrN4/c1-2-24-16-6-4-3-5-14(16)15-9-13(7-8-17(15)24)10-22-19-12-21-18(20)11-23-19/h3-9,11-12H,2,10H2,1H3,(H,22,23). The summed E-state index contributed by atoms with van der Waals surface area (Å²) in [7, 11) is 0. The SMILES string of the molecule is CCn1c2ccccc2c2cc(CNc3cnc(Br)cn3)ccc21. The first-order valence-electron chi connectivity index (χ1n) is 7.97. The van der Waals surface area contributed by atoms with Gasteiger partial charge in [-0.3, -0.25) is 0 Å². The van der Waals surface area contributed by atoms with E-state index >= 15 is 0 Å². The maximum atomic E-state index is 4.30. The van der Waals surface area contributed by atoms with Gasteiger partial charge in [-0.1, -0.05) is 24.3 Å². The second-order valence-corrected chi connectivity index (χ2v) is 6.50. The van der Waals surface area contributed by atoms with E-state index in [9.17, 15) is 0 Å². The Hall–Kier alpha value is -2.40. The molecule has 2 aromatic carbocycles. The number of hydrogen-bond acceptors (Lipinski definition) is 3. The zero-order valence-corrected chi connectivity index (χ0v) is 14.9. The van der Waals surface area contributed by atoms with E-state index in [1.165, 1.54) is 27.4 Å². The second-order valence-electron chi connectivity index (χ2n) is 5.69. The predicted octanol–water partition coefficient (Wildman–Crippen LogP) is 4.98. The molecule has 2 aromatic heterocycles. The van der Waals surface area contributed by atoms with Gasteiger partial charge in [0.2, 0.25) is 0 Å². The summed E-state index contributed by atoms with van der Waals surface area (Å²) in [5.74, 6) is 0.772. The molecule has 0 fully saturated rings. The van der Waals surface area contributed by atoms with Crippen LogP contribution in [-0.4, -0.2) is 14.5 Å². The maximum absolute atomic E-state index is 4.30. The second kappa shape index (κ2) is 6.24. The smallest absolute Gasteiger partial charge is 0.144 e. The molecule has 5 heteroatoms. The Morgan fingerprint density at radius 1 is 1.00 bits per heavy atom. The molecule has 0 spiro atoms. The van der Waals surface area contributed by atoms with Crippen LogP contribution in [0, 0.1) is 0 Å². The number of aryl methyl sites for hydroxylation is 1. The van der Waals surface area contributed by atoms with Gasteiger partial charge in [-0.05, 0) is 46.6 Å². The van der Waals surface area contributed by atoms with Gasteiger partial charge in [-0.25, -0.2) is 9.97 Å². The summed E-state index contributed by atoms with van der Waals surface area (Å²) >= 11 is 3.30. The van der Waals surface area contributed by atoms with Gasteiger partial charge < -0.3 is 9.88 Å². The fraction of sp³-hybridized carbons (Fsp3) is 0.158. The lowest BCUT2D eigenvalue weighted by Gasteiger charge is -2.07. The summed E-state index contributed by atoms with van der Waals surface area (Å²) in [6, 6.07) is 15.2. The van der Waals surface area contributed by atoms with Crippen molar-refractivity contribution in [3.05, 3.63) is 65.0 Å². The Morgan fingerprint density at radius 3 is 2.62 bits per heavy atom. The number of para-hydroxylation sites is 1. The normalized spacial score (nSPS) is 11.2. The number of rotatable bonds is 4. The van der Waals surface area contributed by atoms with Crippen molar-refractivity contribution in [3.63, 3.8) is 0 Å². The Labute approximate surface area is 148 Å². The lowest BCUT2D eigenvalue weighted by atomic mass is 10.1. The van der Waals surface area contributed by atoms with Crippen LogP contribution in [-0.2, 0) is 13.1 Å². The summed E-state index contributed by atoms with van der Waals surface area (Å²) in [6.45, 7) is 3.88. The third kappa shape index (κ3) is 2.65. The van der Waals surface area contributed by atoms with Crippen molar-refractivity contribution in [1.82, 2.24) is 14.5 Å². The molecule has 0 atom stereocenters. The Morgan fingerprint density at radius 2 is 1.83 bits per heavy atom. The lowest BCUT2D eigenvalue weighted by Crippen LogP contribution is -2.01. The summed E-state index contributed by atoms with van der Waals surface area (Å²) in [5, 5.41) is 5.93. The summed E-state index contributed by atoms with van der Waals surface area (Å²) in [6.07, 6.45) is 3.42. The van der Waals surface area contributed by atoms with E-state index < -0.39 is 0 Å². The molecule has 0 amide bonds. The van der Waals surface area contributed by atoms with E-state index in [4.69, 9.17) is 0 Å². The highest BCUT2D eigenvalue weighted by atomic mass is 79.9. The molecule has 4 aromatic rings. The van der Waals surface area contributed by atoms with E-state index in [2.05, 4.69) is 85.2 Å². The molecular formula is C19H17BrN4.